The van der Waals surface area contributed by atoms with Crippen LogP contribution in [0, 0.1) is 28.6 Å². The van der Waals surface area contributed by atoms with Crippen molar-refractivity contribution in [3.05, 3.63) is 23.7 Å². The van der Waals surface area contributed by atoms with E-state index < -0.39 is 0 Å². The van der Waals surface area contributed by atoms with Crippen molar-refractivity contribution in [1.82, 2.24) is 0 Å². The topological polar surface area (TPSA) is 72.1 Å². The van der Waals surface area contributed by atoms with Crippen LogP contribution < -0.4 is 0 Å². The molecule has 0 spiro atoms. The van der Waals surface area contributed by atoms with Crippen LogP contribution in [0.4, 0.5) is 0 Å². The van der Waals surface area contributed by atoms with Crippen LogP contribution in [0.5, 0.6) is 0 Å². The van der Waals surface area contributed by atoms with Crippen molar-refractivity contribution in [1.29, 1.82) is 0 Å². The first-order chi connectivity index (χ1) is 13.2. The quantitative estimate of drug-likeness (QED) is 0.845. The van der Waals surface area contributed by atoms with Gasteiger partial charge in [0.1, 0.15) is 5.76 Å². The van der Waals surface area contributed by atoms with Crippen LogP contribution in [0.2, 0.25) is 0 Å². The molecule has 0 aromatic carbocycles. The van der Waals surface area contributed by atoms with Crippen molar-refractivity contribution in [2.75, 3.05) is 26.4 Å². The molecule has 1 aliphatic heterocycles. The Kier molecular flexibility index (Phi) is 4.43. The van der Waals surface area contributed by atoms with Crippen LogP contribution >= 0.6 is 0 Å². The number of aliphatic hydroxyl groups is 2. The third kappa shape index (κ3) is 2.38. The molecule has 1 aromatic heterocycles. The van der Waals surface area contributed by atoms with E-state index in [9.17, 15) is 10.2 Å². The number of hydrogen-bond donors (Lipinski definition) is 2. The zero-order valence-electron chi connectivity index (χ0n) is 16.2. The van der Waals surface area contributed by atoms with Crippen molar-refractivity contribution in [2.45, 2.75) is 57.7 Å². The minimum atomic E-state index is -0.286. The number of furan rings is 1. The largest absolute Gasteiger partial charge is 0.469 e. The smallest absolute Gasteiger partial charge is 0.163 e. The van der Waals surface area contributed by atoms with Gasteiger partial charge < -0.3 is 24.1 Å². The van der Waals surface area contributed by atoms with E-state index in [0.29, 0.717) is 36.9 Å². The van der Waals surface area contributed by atoms with Crippen LogP contribution in [0.3, 0.4) is 0 Å². The average molecular weight is 376 g/mol. The molecule has 7 atom stereocenters. The van der Waals surface area contributed by atoms with Gasteiger partial charge in [-0.15, -0.1) is 0 Å². The van der Waals surface area contributed by atoms with E-state index in [0.717, 1.165) is 37.9 Å². The van der Waals surface area contributed by atoms with Crippen LogP contribution in [-0.2, 0) is 15.9 Å². The summed E-state index contributed by atoms with van der Waals surface area (Å²) in [5, 5.41) is 19.7. The van der Waals surface area contributed by atoms with E-state index >= 15 is 0 Å². The van der Waals surface area contributed by atoms with Crippen LogP contribution in [0.1, 0.15) is 56.3 Å². The Morgan fingerprint density at radius 1 is 1.26 bits per heavy atom. The highest BCUT2D eigenvalue weighted by Crippen LogP contribution is 2.68. The van der Waals surface area contributed by atoms with Gasteiger partial charge in [0.2, 0.25) is 0 Å². The van der Waals surface area contributed by atoms with Gasteiger partial charge in [0, 0.05) is 17.3 Å². The molecule has 5 nitrogen and oxygen atoms in total. The van der Waals surface area contributed by atoms with E-state index in [1.165, 1.54) is 12.0 Å². The molecular weight excluding hydrogens is 344 g/mol. The first-order valence-corrected chi connectivity index (χ1v) is 10.7. The summed E-state index contributed by atoms with van der Waals surface area (Å²) in [6.45, 7) is 3.44. The molecule has 150 valence electrons. The SMILES string of the molecule is C[C@H]1c2ccoc2C[C@H]2[C@H]1CC[C@@H]1C23CCC[C@]1(CO)CO[C@H]3OCCO. The monoisotopic (exact) mass is 376 g/mol. The normalized spacial score (nSPS) is 45.7. The van der Waals surface area contributed by atoms with Crippen molar-refractivity contribution < 1.29 is 24.1 Å². The molecule has 3 fully saturated rings. The Morgan fingerprint density at radius 3 is 2.96 bits per heavy atom. The molecule has 1 unspecified atom stereocenters. The molecule has 2 N–H and O–H groups in total. The second-order valence-corrected chi connectivity index (χ2v) is 9.42. The highest BCUT2D eigenvalue weighted by Gasteiger charge is 2.67. The Labute approximate surface area is 161 Å². The van der Waals surface area contributed by atoms with Gasteiger partial charge in [-0.1, -0.05) is 13.3 Å². The Morgan fingerprint density at radius 2 is 2.15 bits per heavy atom. The maximum atomic E-state index is 10.4. The highest BCUT2D eigenvalue weighted by molar-refractivity contribution is 5.29. The van der Waals surface area contributed by atoms with Crippen molar-refractivity contribution in [3.63, 3.8) is 0 Å². The average Bonchev–Trinajstić information content (AvgIpc) is 3.16. The van der Waals surface area contributed by atoms with Crippen LogP contribution in [0.15, 0.2) is 16.7 Å². The lowest BCUT2D eigenvalue weighted by atomic mass is 9.41. The Hall–Kier alpha value is -0.880. The van der Waals surface area contributed by atoms with E-state index in [-0.39, 0.29) is 30.3 Å². The number of aliphatic hydroxyl groups excluding tert-OH is 2. The summed E-state index contributed by atoms with van der Waals surface area (Å²) in [4.78, 5) is 0. The highest BCUT2D eigenvalue weighted by atomic mass is 16.7. The van der Waals surface area contributed by atoms with E-state index in [4.69, 9.17) is 13.9 Å². The summed E-state index contributed by atoms with van der Waals surface area (Å²) in [7, 11) is 0. The molecule has 0 radical (unpaired) electrons. The fraction of sp³-hybridized carbons (Fsp3) is 0.818. The maximum absolute atomic E-state index is 10.4. The molecule has 1 aromatic rings. The zero-order chi connectivity index (χ0) is 18.6. The van der Waals surface area contributed by atoms with Gasteiger partial charge in [0.25, 0.3) is 0 Å². The third-order valence-corrected chi connectivity index (χ3v) is 8.62. The summed E-state index contributed by atoms with van der Waals surface area (Å²) in [6.07, 6.45) is 8.08. The standard InChI is InChI=1S/C22H32O5/c1-14-15-3-4-19-21(12-24)6-2-7-22(19,20(27-13-21)26-10-8-23)17(15)11-18-16(14)5-9-25-18/h5,9,14-15,17,19-20,23-24H,2-4,6-8,10-13H2,1H3/t14-,15+,17+,19+,20-,21+,22?/m1/s1. The lowest BCUT2D eigenvalue weighted by molar-refractivity contribution is -0.341. The van der Waals surface area contributed by atoms with Crippen LogP contribution in [0.25, 0.3) is 0 Å². The van der Waals surface area contributed by atoms with Gasteiger partial charge in [-0.05, 0) is 61.0 Å². The molecule has 2 saturated carbocycles. The van der Waals surface area contributed by atoms with Gasteiger partial charge in [-0.3, -0.25) is 0 Å². The predicted octanol–water partition coefficient (Wildman–Crippen LogP) is 3.10. The molecule has 0 amide bonds. The van der Waals surface area contributed by atoms with Crippen LogP contribution in [-0.4, -0.2) is 42.9 Å². The third-order valence-electron chi connectivity index (χ3n) is 8.62. The molecule has 2 heterocycles. The van der Waals surface area contributed by atoms with Crippen molar-refractivity contribution in [2.24, 2.45) is 28.6 Å². The minimum Gasteiger partial charge on any atom is -0.469 e. The van der Waals surface area contributed by atoms with Gasteiger partial charge >= 0.3 is 0 Å². The number of hydrogen-bond acceptors (Lipinski definition) is 5. The molecule has 4 aliphatic rings. The van der Waals surface area contributed by atoms with E-state index in [1.807, 2.05) is 6.26 Å². The molecule has 2 bridgehead atoms. The number of rotatable bonds is 4. The summed E-state index contributed by atoms with van der Waals surface area (Å²) in [5.41, 5.74) is 1.16. The van der Waals surface area contributed by atoms with Gasteiger partial charge in [-0.2, -0.15) is 0 Å². The number of fused-ring (bicyclic) bond motifs is 2. The molecular formula is C22H32O5. The summed E-state index contributed by atoms with van der Waals surface area (Å²) in [5.74, 6) is 3.08. The Bertz CT molecular complexity index is 686. The first-order valence-electron chi connectivity index (χ1n) is 10.7. The molecule has 5 rings (SSSR count). The fourth-order valence-electron chi connectivity index (χ4n) is 7.56. The van der Waals surface area contributed by atoms with Crippen molar-refractivity contribution in [3.8, 4) is 0 Å². The molecule has 3 aliphatic carbocycles. The molecule has 1 saturated heterocycles. The van der Waals surface area contributed by atoms with Gasteiger partial charge in [0.15, 0.2) is 6.29 Å². The lowest BCUT2D eigenvalue weighted by Gasteiger charge is -2.67. The fourth-order valence-corrected chi connectivity index (χ4v) is 7.56. The Balaban J connectivity index is 1.60. The van der Waals surface area contributed by atoms with Crippen molar-refractivity contribution >= 4 is 0 Å². The van der Waals surface area contributed by atoms with E-state index in [2.05, 4.69) is 13.0 Å². The van der Waals surface area contributed by atoms with Gasteiger partial charge in [0.05, 0.1) is 32.7 Å². The predicted molar refractivity (Wildman–Crippen MR) is 99.1 cm³/mol. The van der Waals surface area contributed by atoms with E-state index in [1.54, 1.807) is 0 Å². The summed E-state index contributed by atoms with van der Waals surface area (Å²) < 4.78 is 18.4. The summed E-state index contributed by atoms with van der Waals surface area (Å²) in [6, 6.07) is 2.15. The lowest BCUT2D eigenvalue weighted by Crippen LogP contribution is -2.67. The summed E-state index contributed by atoms with van der Waals surface area (Å²) >= 11 is 0. The first kappa shape index (κ1) is 18.2. The zero-order valence-corrected chi connectivity index (χ0v) is 16.2. The number of ether oxygens (including phenoxy) is 2. The molecule has 27 heavy (non-hydrogen) atoms. The second-order valence-electron chi connectivity index (χ2n) is 9.42. The second kappa shape index (κ2) is 6.58. The van der Waals surface area contributed by atoms with Gasteiger partial charge in [-0.25, -0.2) is 0 Å². The minimum absolute atomic E-state index is 0.0125. The maximum Gasteiger partial charge on any atom is 0.163 e. The molecule has 5 heteroatoms.